The van der Waals surface area contributed by atoms with Crippen molar-refractivity contribution in [1.29, 1.82) is 0 Å². The van der Waals surface area contributed by atoms with Crippen molar-refractivity contribution in [3.8, 4) is 12.3 Å². The molecule has 2 N–H and O–H groups in total. The Hall–Kier alpha value is -2.69. The quantitative estimate of drug-likeness (QED) is 0.725. The van der Waals surface area contributed by atoms with Crippen LogP contribution in [0.25, 0.3) is 0 Å². The predicted octanol–water partition coefficient (Wildman–Crippen LogP) is 1.13. The molecule has 25 heavy (non-hydrogen) atoms. The SMILES string of the molecule is C#CCCC1(CCC(=O)NC2CCN(c3nc(C)cc(=O)[nH]3)C2)N=N1. The Bertz CT molecular complexity index is 772. The molecular formula is C17H22N6O2. The highest BCUT2D eigenvalue weighted by Gasteiger charge is 2.39. The highest BCUT2D eigenvalue weighted by Crippen LogP contribution is 2.37. The van der Waals surface area contributed by atoms with Gasteiger partial charge in [0, 0.05) is 56.6 Å². The number of hydrogen-bond donors (Lipinski definition) is 2. The molecule has 2 aliphatic heterocycles. The van der Waals surface area contributed by atoms with Gasteiger partial charge in [-0.2, -0.15) is 10.2 Å². The monoisotopic (exact) mass is 342 g/mol. The topological polar surface area (TPSA) is 103 Å². The zero-order valence-electron chi connectivity index (χ0n) is 14.3. The highest BCUT2D eigenvalue weighted by atomic mass is 16.1. The number of aromatic amines is 1. The molecule has 0 radical (unpaired) electrons. The smallest absolute Gasteiger partial charge is 0.252 e. The van der Waals surface area contributed by atoms with E-state index < -0.39 is 5.66 Å². The Balaban J connectivity index is 1.46. The molecule has 8 nitrogen and oxygen atoms in total. The lowest BCUT2D eigenvalue weighted by Gasteiger charge is -2.18. The third-order valence-electron chi connectivity index (χ3n) is 4.52. The standard InChI is InChI=1S/C17H22N6O2/c1-3-4-7-17(21-22-17)8-5-14(24)19-13-6-9-23(11-13)16-18-12(2)10-15(25)20-16/h1,10,13H,4-9,11H2,2H3,(H,19,24)(H,18,20,25). The van der Waals surface area contributed by atoms with Gasteiger partial charge in [0.1, 0.15) is 0 Å². The van der Waals surface area contributed by atoms with Crippen LogP contribution in [-0.4, -0.2) is 40.7 Å². The van der Waals surface area contributed by atoms with Crippen molar-refractivity contribution in [3.05, 3.63) is 22.1 Å². The van der Waals surface area contributed by atoms with Gasteiger partial charge < -0.3 is 10.2 Å². The summed E-state index contributed by atoms with van der Waals surface area (Å²) in [7, 11) is 0. The van der Waals surface area contributed by atoms with Crippen LogP contribution in [0, 0.1) is 19.3 Å². The van der Waals surface area contributed by atoms with Crippen LogP contribution in [-0.2, 0) is 4.79 Å². The molecule has 1 amide bonds. The zero-order valence-corrected chi connectivity index (χ0v) is 14.3. The molecule has 1 fully saturated rings. The summed E-state index contributed by atoms with van der Waals surface area (Å²) >= 11 is 0. The highest BCUT2D eigenvalue weighted by molar-refractivity contribution is 5.76. The Morgan fingerprint density at radius 3 is 3.00 bits per heavy atom. The fraction of sp³-hybridized carbons (Fsp3) is 0.588. The van der Waals surface area contributed by atoms with Gasteiger partial charge in [-0.25, -0.2) is 4.98 Å². The van der Waals surface area contributed by atoms with Crippen LogP contribution in [0.5, 0.6) is 0 Å². The molecule has 1 aromatic rings. The van der Waals surface area contributed by atoms with E-state index >= 15 is 0 Å². The van der Waals surface area contributed by atoms with Gasteiger partial charge in [0.05, 0.1) is 0 Å². The number of terminal acetylenes is 1. The van der Waals surface area contributed by atoms with Crippen molar-refractivity contribution in [3.63, 3.8) is 0 Å². The van der Waals surface area contributed by atoms with Crippen molar-refractivity contribution >= 4 is 11.9 Å². The van der Waals surface area contributed by atoms with E-state index in [9.17, 15) is 9.59 Å². The van der Waals surface area contributed by atoms with E-state index in [-0.39, 0.29) is 17.5 Å². The lowest BCUT2D eigenvalue weighted by Crippen LogP contribution is -2.38. The van der Waals surface area contributed by atoms with Crippen molar-refractivity contribution in [2.24, 2.45) is 10.2 Å². The van der Waals surface area contributed by atoms with E-state index in [1.54, 1.807) is 6.92 Å². The molecule has 3 rings (SSSR count). The molecule has 0 aromatic carbocycles. The van der Waals surface area contributed by atoms with Crippen LogP contribution in [0.3, 0.4) is 0 Å². The molecule has 0 spiro atoms. The molecule has 0 bridgehead atoms. The first-order chi connectivity index (χ1) is 12.0. The molecule has 132 valence electrons. The van der Waals surface area contributed by atoms with Gasteiger partial charge in [-0.15, -0.1) is 12.3 Å². The van der Waals surface area contributed by atoms with E-state index in [0.717, 1.165) is 13.0 Å². The number of aromatic nitrogens is 2. The third kappa shape index (κ3) is 4.44. The Morgan fingerprint density at radius 2 is 2.32 bits per heavy atom. The summed E-state index contributed by atoms with van der Waals surface area (Å²) in [6, 6.07) is 1.51. The molecule has 1 saturated heterocycles. The number of nitrogens with zero attached hydrogens (tertiary/aromatic N) is 4. The largest absolute Gasteiger partial charge is 0.352 e. The van der Waals surface area contributed by atoms with Gasteiger partial charge in [-0.1, -0.05) is 0 Å². The molecule has 1 unspecified atom stereocenters. The van der Waals surface area contributed by atoms with Crippen molar-refractivity contribution in [2.75, 3.05) is 18.0 Å². The predicted molar refractivity (Wildman–Crippen MR) is 93.2 cm³/mol. The van der Waals surface area contributed by atoms with Crippen LogP contribution in [0.2, 0.25) is 0 Å². The number of H-pyrrole nitrogens is 1. The van der Waals surface area contributed by atoms with Gasteiger partial charge in [-0.3, -0.25) is 14.6 Å². The van der Waals surface area contributed by atoms with E-state index in [0.29, 0.717) is 43.9 Å². The number of hydrogen-bond acceptors (Lipinski definition) is 6. The van der Waals surface area contributed by atoms with Crippen molar-refractivity contribution in [2.45, 2.75) is 50.7 Å². The molecule has 1 aromatic heterocycles. The van der Waals surface area contributed by atoms with Crippen molar-refractivity contribution < 1.29 is 4.79 Å². The van der Waals surface area contributed by atoms with Gasteiger partial charge in [0.15, 0.2) is 5.66 Å². The Kier molecular flexibility index (Phi) is 4.83. The average molecular weight is 342 g/mol. The second kappa shape index (κ2) is 7.05. The van der Waals surface area contributed by atoms with Crippen LogP contribution >= 0.6 is 0 Å². The van der Waals surface area contributed by atoms with Gasteiger partial charge in [0.2, 0.25) is 11.9 Å². The van der Waals surface area contributed by atoms with Gasteiger partial charge in [0.25, 0.3) is 5.56 Å². The summed E-state index contributed by atoms with van der Waals surface area (Å²) in [6.45, 7) is 3.17. The van der Waals surface area contributed by atoms with E-state index in [4.69, 9.17) is 6.42 Å². The summed E-state index contributed by atoms with van der Waals surface area (Å²) in [5, 5.41) is 11.1. The second-order valence-electron chi connectivity index (χ2n) is 6.60. The van der Waals surface area contributed by atoms with E-state index in [1.807, 2.05) is 4.90 Å². The molecule has 3 heterocycles. The zero-order chi connectivity index (χ0) is 17.9. The summed E-state index contributed by atoms with van der Waals surface area (Å²) in [5.74, 6) is 3.14. The van der Waals surface area contributed by atoms with Gasteiger partial charge in [-0.05, 0) is 13.3 Å². The van der Waals surface area contributed by atoms with Crippen molar-refractivity contribution in [1.82, 2.24) is 15.3 Å². The average Bonchev–Trinajstić information content (AvgIpc) is 3.19. The Morgan fingerprint density at radius 1 is 1.52 bits per heavy atom. The van der Waals surface area contributed by atoms with Crippen LogP contribution in [0.15, 0.2) is 21.1 Å². The number of nitrogens with one attached hydrogen (secondary N) is 2. The number of carbonyl (C=O) groups is 1. The minimum absolute atomic E-state index is 0.00470. The molecular weight excluding hydrogens is 320 g/mol. The Labute approximate surface area is 146 Å². The van der Waals surface area contributed by atoms with Crippen LogP contribution < -0.4 is 15.8 Å². The molecule has 2 aliphatic rings. The van der Waals surface area contributed by atoms with E-state index in [2.05, 4.69) is 31.4 Å². The van der Waals surface area contributed by atoms with E-state index in [1.165, 1.54) is 6.07 Å². The number of carbonyl (C=O) groups excluding carboxylic acids is 1. The maximum atomic E-state index is 12.2. The first-order valence-electron chi connectivity index (χ1n) is 8.49. The summed E-state index contributed by atoms with van der Waals surface area (Å²) in [5.41, 5.74) is 0.0979. The summed E-state index contributed by atoms with van der Waals surface area (Å²) in [4.78, 5) is 32.8. The van der Waals surface area contributed by atoms with Crippen LogP contribution in [0.1, 0.15) is 37.8 Å². The fourth-order valence-corrected chi connectivity index (χ4v) is 3.07. The molecule has 1 atom stereocenters. The summed E-state index contributed by atoms with van der Waals surface area (Å²) < 4.78 is 0. The maximum absolute atomic E-state index is 12.2. The van der Waals surface area contributed by atoms with Crippen LogP contribution in [0.4, 0.5) is 5.95 Å². The van der Waals surface area contributed by atoms with Gasteiger partial charge >= 0.3 is 0 Å². The maximum Gasteiger partial charge on any atom is 0.252 e. The lowest BCUT2D eigenvalue weighted by molar-refractivity contribution is -0.121. The molecule has 0 saturated carbocycles. The first-order valence-corrected chi connectivity index (χ1v) is 8.49. The first kappa shape index (κ1) is 17.1. The number of anilines is 1. The number of rotatable bonds is 7. The lowest BCUT2D eigenvalue weighted by atomic mass is 10.0. The number of aryl methyl sites for hydroxylation is 1. The third-order valence-corrected chi connectivity index (χ3v) is 4.52. The molecule has 0 aliphatic carbocycles. The summed E-state index contributed by atoms with van der Waals surface area (Å²) in [6.07, 6.45) is 8.39. The normalized spacial score (nSPS) is 20.3. The minimum Gasteiger partial charge on any atom is -0.352 e. The minimum atomic E-state index is -0.420. The second-order valence-corrected chi connectivity index (χ2v) is 6.60. The molecule has 8 heteroatoms. The fourth-order valence-electron chi connectivity index (χ4n) is 3.07. The number of amides is 1.